The largest absolute Gasteiger partial charge is 0.471 e. The molecule has 22 nitrogen and oxygen atoms in total. The van der Waals surface area contributed by atoms with E-state index in [2.05, 4.69) is 53.7 Å². The number of allylic oxidation sites excluding steroid dienone is 8. The summed E-state index contributed by atoms with van der Waals surface area (Å²) in [6.45, 7) is 50.6. The van der Waals surface area contributed by atoms with Crippen molar-refractivity contribution in [1.82, 2.24) is 0 Å². The van der Waals surface area contributed by atoms with Gasteiger partial charge in [0.1, 0.15) is 41.3 Å². The highest BCUT2D eigenvalue weighted by molar-refractivity contribution is 5.87. The monoisotopic (exact) mass is 1330 g/mol. The summed E-state index contributed by atoms with van der Waals surface area (Å²) in [6, 6.07) is 11.2. The first-order chi connectivity index (χ1) is 44.9. The minimum absolute atomic E-state index is 0.0613. The lowest BCUT2D eigenvalue weighted by atomic mass is 10.1. The molecule has 0 amide bonds. The van der Waals surface area contributed by atoms with E-state index in [0.717, 1.165) is 61.5 Å². The van der Waals surface area contributed by atoms with Gasteiger partial charge in [-0.2, -0.15) is 0 Å². The van der Waals surface area contributed by atoms with Crippen molar-refractivity contribution in [3.63, 3.8) is 0 Å². The Hall–Kier alpha value is -10.9. The van der Waals surface area contributed by atoms with Crippen LogP contribution in [0.5, 0.6) is 5.75 Å². The number of esters is 3. The van der Waals surface area contributed by atoms with Crippen molar-refractivity contribution >= 4 is 35.7 Å². The summed E-state index contributed by atoms with van der Waals surface area (Å²) in [5, 5.41) is 0. The molecule has 0 aliphatic carbocycles. The van der Waals surface area contributed by atoms with Crippen LogP contribution in [0.15, 0.2) is 262 Å². The number of hydrogen-bond acceptors (Lipinski definition) is 22. The van der Waals surface area contributed by atoms with E-state index in [-0.39, 0.29) is 17.0 Å². The fraction of sp³-hybridized carbons (Fsp3) is 0.324. The smallest absolute Gasteiger partial charge is 0.333 e. The summed E-state index contributed by atoms with van der Waals surface area (Å²) >= 11 is 0. The Bertz CT molecular complexity index is 3710. The van der Waals surface area contributed by atoms with Crippen LogP contribution >= 0.6 is 0 Å². The predicted octanol–water partition coefficient (Wildman–Crippen LogP) is 14.4. The van der Waals surface area contributed by atoms with E-state index in [0.29, 0.717) is 35.1 Å². The molecule has 6 atom stereocenters. The number of para-hydroxylation sites is 1. The van der Waals surface area contributed by atoms with Crippen LogP contribution in [0, 0.1) is 0 Å². The van der Waals surface area contributed by atoms with Gasteiger partial charge < -0.3 is 75.6 Å². The predicted molar refractivity (Wildman–Crippen MR) is 361 cm³/mol. The molecule has 1 aromatic carbocycles. The lowest BCUT2D eigenvalue weighted by Gasteiger charge is -2.38. The molecule has 0 saturated carbocycles. The Balaban J connectivity index is 0.000000303. The van der Waals surface area contributed by atoms with Gasteiger partial charge in [-0.25, -0.2) is 14.4 Å². The zero-order valence-corrected chi connectivity index (χ0v) is 58.0. The quantitative estimate of drug-likeness (QED) is 0.0442. The van der Waals surface area contributed by atoms with Gasteiger partial charge in [0.25, 0.3) is 29.4 Å². The minimum Gasteiger partial charge on any atom is -0.471 e. The Kier molecular flexibility index (Phi) is 29.2. The molecule has 0 bridgehead atoms. The van der Waals surface area contributed by atoms with Crippen molar-refractivity contribution in [2.75, 3.05) is 26.2 Å². The lowest BCUT2D eigenvalue weighted by Crippen LogP contribution is -2.44. The Morgan fingerprint density at radius 2 is 1.02 bits per heavy atom. The fourth-order valence-corrected chi connectivity index (χ4v) is 8.69. The van der Waals surface area contributed by atoms with Crippen LogP contribution in [0.2, 0.25) is 0 Å². The molecule has 0 unspecified atom stereocenters. The summed E-state index contributed by atoms with van der Waals surface area (Å²) in [4.78, 5) is 66.8. The molecule has 7 heterocycles. The van der Waals surface area contributed by atoms with Gasteiger partial charge in [-0.3, -0.25) is 14.4 Å². The SMILES string of the molecule is C=C1C(C)=C(C)[C@](C)(O/C=C/C(=O)OC)N1c1ccccc1.C=C1O[C@@H](O/C=C/C(=O)OC)C=C1C.C=C1O[C@@](C)(O/C=C/C(=O)OC)C=C1C.C=C1O[C@@](C)(O/C=C/C(C)=O)C(C)=C1C.C=C1O[C@@](C)(O/C=C/C=O)C(C)=C1C.C=C1O[C@@](C)(Oc2coccc2=O)C=C1C. The van der Waals surface area contributed by atoms with Crippen LogP contribution in [0.4, 0.5) is 5.69 Å². The summed E-state index contributed by atoms with van der Waals surface area (Å²) in [6.07, 6.45) is 20.8. The van der Waals surface area contributed by atoms with Crippen molar-refractivity contribution in [2.45, 2.75) is 139 Å². The van der Waals surface area contributed by atoms with Crippen molar-refractivity contribution in [2.24, 2.45) is 0 Å². The zero-order chi connectivity index (χ0) is 72.5. The fourth-order valence-electron chi connectivity index (χ4n) is 8.69. The number of methoxy groups -OCH3 is 3. The van der Waals surface area contributed by atoms with Gasteiger partial charge >= 0.3 is 17.9 Å². The van der Waals surface area contributed by atoms with Gasteiger partial charge in [0.05, 0.1) is 77.1 Å². The number of ketones is 1. The summed E-state index contributed by atoms with van der Waals surface area (Å²) in [7, 11) is 3.92. The number of ether oxygens (including phenoxy) is 14. The average molecular weight is 1330 g/mol. The van der Waals surface area contributed by atoms with Gasteiger partial charge in [-0.15, -0.1) is 0 Å². The molecular weight excluding hydrogens is 1240 g/mol. The number of benzene rings is 1. The van der Waals surface area contributed by atoms with Gasteiger partial charge in [-0.05, 0) is 127 Å². The molecule has 6 aliphatic rings. The second-order valence-corrected chi connectivity index (χ2v) is 22.1. The molecule has 96 heavy (non-hydrogen) atoms. The molecule has 8 rings (SSSR count). The van der Waals surface area contributed by atoms with E-state index in [9.17, 15) is 28.8 Å². The Labute approximate surface area is 562 Å². The third-order valence-electron chi connectivity index (χ3n) is 15.0. The maximum absolute atomic E-state index is 11.4. The molecule has 6 aliphatic heterocycles. The first kappa shape index (κ1) is 79.3. The Morgan fingerprint density at radius 3 is 1.45 bits per heavy atom. The minimum atomic E-state index is -0.989. The molecule has 0 saturated heterocycles. The maximum atomic E-state index is 11.4. The number of carbonyl (C=O) groups excluding carboxylic acids is 5. The first-order valence-corrected chi connectivity index (χ1v) is 29.6. The van der Waals surface area contributed by atoms with E-state index in [1.54, 1.807) is 45.9 Å². The van der Waals surface area contributed by atoms with Gasteiger partial charge in [0.15, 0.2) is 5.78 Å². The molecule has 516 valence electrons. The first-order valence-electron chi connectivity index (χ1n) is 29.6. The molecular formula is C74H89NO21. The second kappa shape index (κ2) is 35.4. The van der Waals surface area contributed by atoms with Gasteiger partial charge in [0.2, 0.25) is 16.9 Å². The Morgan fingerprint density at radius 1 is 0.542 bits per heavy atom. The van der Waals surface area contributed by atoms with Crippen LogP contribution in [-0.2, 0) is 85.6 Å². The summed E-state index contributed by atoms with van der Waals surface area (Å²) in [5.41, 5.74) is 9.70. The molecule has 0 radical (unpaired) electrons. The summed E-state index contributed by atoms with van der Waals surface area (Å²) in [5.74, 6) is -1.93. The third kappa shape index (κ3) is 22.4. The lowest BCUT2D eigenvalue weighted by molar-refractivity contribution is -0.136. The van der Waals surface area contributed by atoms with Crippen molar-refractivity contribution in [3.05, 3.63) is 263 Å². The number of aldehydes is 1. The second-order valence-electron chi connectivity index (χ2n) is 22.1. The van der Waals surface area contributed by atoms with Crippen LogP contribution in [0.3, 0.4) is 0 Å². The molecule has 0 spiro atoms. The van der Waals surface area contributed by atoms with E-state index >= 15 is 0 Å². The standard InChI is InChI=1S/C18H21NO3.C12H12O4.C12H16O3.C11H14O4.C11H14O3.C10H12O4/c1-13-14(2)18(4,22-12-11-17(20)21-5)19(15(13)3)16-9-7-6-8-10-16;1-8-6-12(3,15-9(8)2)16-11-7-14-5-4-10(11)13;1-8(13)6-7-14-12(5)10(3)9(2)11(4)15-12;1-8-7-11(3,15-9(8)2)14-6-5-10(12)13-4;1-8-9(2)11(4,14-10(8)3)13-7-5-6-12;1-7-6-10(14-8(7)2)13-5-4-9(11)12-3/h6-12H,3H2,1-2,4-5H3;4-7H,2H2,1,3H3;6-7H,4H2,1-3,5H3;5-7H,2H2,1,3-4H3;5-7H,3H2,1-2,4H3;4-6,10H,2H2,1,3H3/b12-11+;;7-6+;6-5+;7-5+;5-4+/t18-;2*12-;2*11-;10-/m001111/s1. The number of carbonyl (C=O) groups is 5. The molecule has 0 fully saturated rings. The van der Waals surface area contributed by atoms with Gasteiger partial charge in [0, 0.05) is 86.7 Å². The topological polar surface area (TPSA) is 248 Å². The number of nitrogens with zero attached hydrogens (tertiary/aromatic N) is 1. The maximum Gasteiger partial charge on any atom is 0.333 e. The van der Waals surface area contributed by atoms with Gasteiger partial charge in [-0.1, -0.05) is 57.7 Å². The summed E-state index contributed by atoms with van der Waals surface area (Å²) < 4.78 is 77.6. The van der Waals surface area contributed by atoms with Crippen LogP contribution in [0.25, 0.3) is 0 Å². The highest BCUT2D eigenvalue weighted by Gasteiger charge is 2.45. The van der Waals surface area contributed by atoms with Crippen LogP contribution in [-0.4, -0.2) is 86.5 Å². The molecule has 0 N–H and O–H groups in total. The van der Waals surface area contributed by atoms with Crippen molar-refractivity contribution < 1.29 is 94.7 Å². The van der Waals surface area contributed by atoms with Crippen molar-refractivity contribution in [1.29, 1.82) is 0 Å². The number of rotatable bonds is 18. The van der Waals surface area contributed by atoms with E-state index in [1.807, 2.05) is 104 Å². The highest BCUT2D eigenvalue weighted by atomic mass is 16.7. The molecule has 2 aromatic rings. The van der Waals surface area contributed by atoms with E-state index < -0.39 is 53.1 Å². The highest BCUT2D eigenvalue weighted by Crippen LogP contribution is 2.45. The molecule has 22 heteroatoms. The molecule has 1 aromatic heterocycles. The zero-order valence-electron chi connectivity index (χ0n) is 58.0. The number of anilines is 1. The van der Waals surface area contributed by atoms with E-state index in [4.69, 9.17) is 56.5 Å². The van der Waals surface area contributed by atoms with Crippen LogP contribution < -0.4 is 15.1 Å². The van der Waals surface area contributed by atoms with E-state index in [1.165, 1.54) is 109 Å². The van der Waals surface area contributed by atoms with Crippen LogP contribution in [0.1, 0.15) is 104 Å². The number of hydrogen-bond donors (Lipinski definition) is 0. The van der Waals surface area contributed by atoms with Crippen molar-refractivity contribution in [3.8, 4) is 5.75 Å². The average Bonchev–Trinajstić information content (AvgIpc) is 1.60. The normalized spacial score (nSPS) is 23.8. The third-order valence-corrected chi connectivity index (χ3v) is 15.0.